The normalized spacial score (nSPS) is 10.8. The van der Waals surface area contributed by atoms with Gasteiger partial charge >= 0.3 is 7.12 Å². The number of carbonyl (C=O) groups excluding carboxylic acids is 1. The van der Waals surface area contributed by atoms with Gasteiger partial charge in [0.1, 0.15) is 0 Å². The molecule has 0 radical (unpaired) electrons. The third kappa shape index (κ3) is 3.31. The molecule has 0 N–H and O–H groups in total. The van der Waals surface area contributed by atoms with Gasteiger partial charge in [0.05, 0.1) is 0 Å². The summed E-state index contributed by atoms with van der Waals surface area (Å²) in [7, 11) is 7.76. The number of para-hydroxylation sites is 1. The Labute approximate surface area is 104 Å². The maximum atomic E-state index is 11.9. The molecule has 0 saturated heterocycles. The third-order valence-electron chi connectivity index (χ3n) is 2.53. The van der Waals surface area contributed by atoms with Crippen LogP contribution in [0, 0.1) is 0 Å². The summed E-state index contributed by atoms with van der Waals surface area (Å²) in [5, 5.41) is 0. The van der Waals surface area contributed by atoms with E-state index >= 15 is 0 Å². The minimum absolute atomic E-state index is 0.0311. The van der Waals surface area contributed by atoms with E-state index in [4.69, 9.17) is 0 Å². The molecule has 0 aromatic heterocycles. The Kier molecular flexibility index (Phi) is 4.72. The molecule has 1 amide bonds. The van der Waals surface area contributed by atoms with Crippen LogP contribution in [0.25, 0.3) is 0 Å². The lowest BCUT2D eigenvalue weighted by atomic mass is 9.84. The molecule has 1 aromatic carbocycles. The largest absolute Gasteiger partial charge is 0.443 e. The summed E-state index contributed by atoms with van der Waals surface area (Å²) in [5.74, 6) is 0.0311. The molecule has 0 aliphatic heterocycles. The van der Waals surface area contributed by atoms with Crippen molar-refractivity contribution in [2.24, 2.45) is 0 Å². The van der Waals surface area contributed by atoms with Crippen molar-refractivity contribution in [2.75, 3.05) is 33.0 Å². The van der Waals surface area contributed by atoms with Gasteiger partial charge in [0.2, 0.25) is 5.91 Å². The molecule has 0 bridgehead atoms. The van der Waals surface area contributed by atoms with Gasteiger partial charge in [0.15, 0.2) is 0 Å². The van der Waals surface area contributed by atoms with Crippen molar-refractivity contribution in [2.45, 2.75) is 6.92 Å². The first-order chi connectivity index (χ1) is 7.95. The molecule has 4 nitrogen and oxygen atoms in total. The molecule has 0 unspecified atom stereocenters. The highest BCUT2D eigenvalue weighted by atomic mass is 16.2. The van der Waals surface area contributed by atoms with Crippen LogP contribution in [-0.2, 0) is 4.79 Å². The molecular formula is C12H20BN3O. The molecule has 0 fully saturated rings. The Morgan fingerprint density at radius 2 is 1.47 bits per heavy atom. The van der Waals surface area contributed by atoms with Gasteiger partial charge in [-0.05, 0) is 40.3 Å². The summed E-state index contributed by atoms with van der Waals surface area (Å²) in [6.45, 7) is 1.59. The summed E-state index contributed by atoms with van der Waals surface area (Å²) in [6.07, 6.45) is 0. The Bertz CT molecular complexity index is 359. The number of hydrogen-bond donors (Lipinski definition) is 0. The van der Waals surface area contributed by atoms with Gasteiger partial charge < -0.3 is 14.4 Å². The summed E-state index contributed by atoms with van der Waals surface area (Å²) < 4.78 is 0. The number of nitrogens with zero attached hydrogens (tertiary/aromatic N) is 3. The van der Waals surface area contributed by atoms with Crippen LogP contribution < -0.4 is 4.81 Å². The molecule has 0 aliphatic carbocycles. The fourth-order valence-corrected chi connectivity index (χ4v) is 1.99. The second-order valence-electron chi connectivity index (χ2n) is 4.50. The first-order valence-electron chi connectivity index (χ1n) is 5.63. The second-order valence-corrected chi connectivity index (χ2v) is 4.50. The van der Waals surface area contributed by atoms with Crippen LogP contribution in [0.3, 0.4) is 0 Å². The molecule has 0 aliphatic rings. The summed E-state index contributed by atoms with van der Waals surface area (Å²) >= 11 is 0. The van der Waals surface area contributed by atoms with Gasteiger partial charge in [-0.15, -0.1) is 0 Å². The minimum Gasteiger partial charge on any atom is -0.327 e. The van der Waals surface area contributed by atoms with Crippen molar-refractivity contribution >= 4 is 18.7 Å². The maximum absolute atomic E-state index is 11.9. The second kappa shape index (κ2) is 5.84. The predicted octanol–water partition coefficient (Wildman–Crippen LogP) is 1.15. The van der Waals surface area contributed by atoms with Gasteiger partial charge in [-0.3, -0.25) is 4.79 Å². The molecule has 92 valence electrons. The smallest absolute Gasteiger partial charge is 0.327 e. The molecule has 0 atom stereocenters. The summed E-state index contributed by atoms with van der Waals surface area (Å²) in [5.41, 5.74) is 0.910. The summed E-state index contributed by atoms with van der Waals surface area (Å²) in [4.78, 5) is 17.7. The van der Waals surface area contributed by atoms with Gasteiger partial charge in [-0.25, -0.2) is 0 Å². The lowest BCUT2D eigenvalue weighted by Crippen LogP contribution is -2.60. The average Bonchev–Trinajstić information content (AvgIpc) is 2.25. The number of anilines is 1. The average molecular weight is 233 g/mol. The van der Waals surface area contributed by atoms with Crippen molar-refractivity contribution in [3.05, 3.63) is 30.3 Å². The minimum atomic E-state index is -0.0881. The highest BCUT2D eigenvalue weighted by Gasteiger charge is 2.32. The Morgan fingerprint density at radius 3 is 1.82 bits per heavy atom. The molecule has 0 heterocycles. The first kappa shape index (κ1) is 13.7. The molecule has 1 aromatic rings. The molecule has 0 saturated carbocycles. The van der Waals surface area contributed by atoms with Gasteiger partial charge in [0, 0.05) is 12.6 Å². The van der Waals surface area contributed by atoms with E-state index in [9.17, 15) is 4.79 Å². The number of carbonyl (C=O) groups is 1. The highest BCUT2D eigenvalue weighted by Crippen LogP contribution is 2.16. The zero-order valence-electron chi connectivity index (χ0n) is 11.2. The Balaban J connectivity index is 3.12. The quantitative estimate of drug-likeness (QED) is 0.730. The lowest BCUT2D eigenvalue weighted by Gasteiger charge is -2.35. The van der Waals surface area contributed by atoms with Gasteiger partial charge in [-0.2, -0.15) is 0 Å². The maximum Gasteiger partial charge on any atom is 0.443 e. The summed E-state index contributed by atoms with van der Waals surface area (Å²) in [6, 6.07) is 9.71. The first-order valence-corrected chi connectivity index (χ1v) is 5.63. The molecule has 5 heteroatoms. The fourth-order valence-electron chi connectivity index (χ4n) is 1.99. The van der Waals surface area contributed by atoms with Crippen LogP contribution >= 0.6 is 0 Å². The van der Waals surface area contributed by atoms with E-state index in [1.54, 1.807) is 11.7 Å². The molecular weight excluding hydrogens is 213 g/mol. The number of hydrogen-bond acceptors (Lipinski definition) is 3. The van der Waals surface area contributed by atoms with Gasteiger partial charge in [0.25, 0.3) is 0 Å². The van der Waals surface area contributed by atoms with Crippen molar-refractivity contribution < 1.29 is 4.79 Å². The zero-order valence-corrected chi connectivity index (χ0v) is 11.2. The van der Waals surface area contributed by atoms with E-state index in [-0.39, 0.29) is 13.0 Å². The Morgan fingerprint density at radius 1 is 1.00 bits per heavy atom. The predicted molar refractivity (Wildman–Crippen MR) is 72.7 cm³/mol. The van der Waals surface area contributed by atoms with Crippen LogP contribution in [0.2, 0.25) is 0 Å². The van der Waals surface area contributed by atoms with Crippen molar-refractivity contribution in [3.8, 4) is 0 Å². The number of rotatable bonds is 4. The highest BCUT2D eigenvalue weighted by molar-refractivity contribution is 6.62. The number of benzene rings is 1. The van der Waals surface area contributed by atoms with Crippen molar-refractivity contribution in [3.63, 3.8) is 0 Å². The third-order valence-corrected chi connectivity index (χ3v) is 2.53. The van der Waals surface area contributed by atoms with Crippen LogP contribution in [0.5, 0.6) is 0 Å². The molecule has 1 rings (SSSR count). The number of amides is 1. The van der Waals surface area contributed by atoms with E-state index < -0.39 is 0 Å². The van der Waals surface area contributed by atoms with E-state index in [0.717, 1.165) is 5.69 Å². The lowest BCUT2D eigenvalue weighted by molar-refractivity contribution is -0.115. The fraction of sp³-hybridized carbons (Fsp3) is 0.417. The van der Waals surface area contributed by atoms with Crippen LogP contribution in [-0.4, -0.2) is 50.8 Å². The van der Waals surface area contributed by atoms with Crippen molar-refractivity contribution in [1.29, 1.82) is 0 Å². The SMILES string of the molecule is CC(=O)N(B(N(C)C)N(C)C)c1ccccc1. The van der Waals surface area contributed by atoms with Crippen LogP contribution in [0.15, 0.2) is 30.3 Å². The van der Waals surface area contributed by atoms with Crippen molar-refractivity contribution in [1.82, 2.24) is 9.62 Å². The van der Waals surface area contributed by atoms with Crippen LogP contribution in [0.1, 0.15) is 6.92 Å². The van der Waals surface area contributed by atoms with E-state index in [1.807, 2.05) is 68.1 Å². The molecule has 17 heavy (non-hydrogen) atoms. The van der Waals surface area contributed by atoms with E-state index in [2.05, 4.69) is 0 Å². The Hall–Kier alpha value is -1.33. The zero-order chi connectivity index (χ0) is 13.0. The molecule has 0 spiro atoms. The standard InChI is InChI=1S/C12H20BN3O/c1-11(17)16(12-9-7-6-8-10-12)13(14(2)3)15(4)5/h6-10H,1-5H3. The monoisotopic (exact) mass is 233 g/mol. The topological polar surface area (TPSA) is 26.8 Å². The van der Waals surface area contributed by atoms with Crippen LogP contribution in [0.4, 0.5) is 5.69 Å². The van der Waals surface area contributed by atoms with E-state index in [0.29, 0.717) is 0 Å². The van der Waals surface area contributed by atoms with Gasteiger partial charge in [-0.1, -0.05) is 18.2 Å². The van der Waals surface area contributed by atoms with E-state index in [1.165, 1.54) is 0 Å².